The molecule has 0 aliphatic carbocycles. The fourth-order valence-corrected chi connectivity index (χ4v) is 2.09. The number of nitrogens with zero attached hydrogens (tertiary/aromatic N) is 5. The van der Waals surface area contributed by atoms with Crippen LogP contribution < -0.4 is 16.3 Å². The molecule has 0 radical (unpaired) electrons. The maximum Gasteiger partial charge on any atom is 0.368 e. The normalized spacial score (nSPS) is 15.6. The average molecular weight is 262 g/mol. The number of aryl methyl sites for hydroxylation is 1. The van der Waals surface area contributed by atoms with E-state index in [2.05, 4.69) is 10.4 Å². The Morgan fingerprint density at radius 2 is 2.05 bits per heavy atom. The maximum atomic E-state index is 11.9. The summed E-state index contributed by atoms with van der Waals surface area (Å²) in [6.45, 7) is 1.07. The van der Waals surface area contributed by atoms with Crippen molar-refractivity contribution in [1.29, 1.82) is 0 Å². The molecule has 0 bridgehead atoms. The number of aromatic nitrogens is 4. The van der Waals surface area contributed by atoms with E-state index >= 15 is 0 Å². The second-order valence-electron chi connectivity index (χ2n) is 4.60. The van der Waals surface area contributed by atoms with E-state index in [1.54, 1.807) is 12.1 Å². The van der Waals surface area contributed by atoms with Gasteiger partial charge >= 0.3 is 5.69 Å². The van der Waals surface area contributed by atoms with Crippen molar-refractivity contribution in [2.45, 2.75) is 6.10 Å². The summed E-state index contributed by atoms with van der Waals surface area (Å²) >= 11 is 0. The molecule has 2 aromatic rings. The first kappa shape index (κ1) is 11.7. The van der Waals surface area contributed by atoms with Crippen molar-refractivity contribution >= 4 is 11.4 Å². The number of aliphatic hydroxyl groups excluding tert-OH is 1. The van der Waals surface area contributed by atoms with Gasteiger partial charge in [0.15, 0.2) is 0 Å². The van der Waals surface area contributed by atoms with Gasteiger partial charge in [0.1, 0.15) is 0 Å². The largest absolute Gasteiger partial charge is 0.399 e. The summed E-state index contributed by atoms with van der Waals surface area (Å²) in [6, 6.07) is 5.25. The summed E-state index contributed by atoms with van der Waals surface area (Å²) < 4.78 is 2.36. The van der Waals surface area contributed by atoms with Crippen LogP contribution in [0.5, 0.6) is 0 Å². The first-order valence-electron chi connectivity index (χ1n) is 5.88. The van der Waals surface area contributed by atoms with E-state index < -0.39 is 0 Å². The minimum atomic E-state index is -0.340. The van der Waals surface area contributed by atoms with Crippen molar-refractivity contribution in [3.05, 3.63) is 28.7 Å². The Labute approximate surface area is 108 Å². The lowest BCUT2D eigenvalue weighted by atomic mass is 10.1. The molecule has 8 heteroatoms. The van der Waals surface area contributed by atoms with Crippen LogP contribution in [0.15, 0.2) is 23.0 Å². The fourth-order valence-electron chi connectivity index (χ4n) is 2.09. The molecular formula is C11H14N6O2. The van der Waals surface area contributed by atoms with Gasteiger partial charge in [0.25, 0.3) is 0 Å². The van der Waals surface area contributed by atoms with Crippen LogP contribution in [0.2, 0.25) is 0 Å². The third kappa shape index (κ3) is 1.85. The maximum absolute atomic E-state index is 11.9. The Morgan fingerprint density at radius 3 is 2.63 bits per heavy atom. The minimum absolute atomic E-state index is 0.330. The van der Waals surface area contributed by atoms with Crippen LogP contribution >= 0.6 is 0 Å². The zero-order chi connectivity index (χ0) is 13.6. The third-order valence-corrected chi connectivity index (χ3v) is 3.15. The smallest absolute Gasteiger partial charge is 0.368 e. The highest BCUT2D eigenvalue weighted by molar-refractivity contribution is 5.68. The van der Waals surface area contributed by atoms with E-state index in [0.29, 0.717) is 24.5 Å². The quantitative estimate of drug-likeness (QED) is 0.654. The summed E-state index contributed by atoms with van der Waals surface area (Å²) in [5.41, 5.74) is 7.35. The van der Waals surface area contributed by atoms with Gasteiger partial charge in [-0.1, -0.05) is 0 Å². The third-order valence-electron chi connectivity index (χ3n) is 3.15. The molecule has 100 valence electrons. The van der Waals surface area contributed by atoms with E-state index in [9.17, 15) is 9.90 Å². The lowest BCUT2D eigenvalue weighted by molar-refractivity contribution is 0.142. The van der Waals surface area contributed by atoms with Gasteiger partial charge in [0.2, 0.25) is 0 Å². The molecule has 0 unspecified atom stereocenters. The first-order valence-corrected chi connectivity index (χ1v) is 5.88. The summed E-state index contributed by atoms with van der Waals surface area (Å²) in [5.74, 6) is 0. The van der Waals surface area contributed by atoms with Gasteiger partial charge in [-0.15, -0.1) is 0 Å². The van der Waals surface area contributed by atoms with Gasteiger partial charge < -0.3 is 15.7 Å². The molecule has 19 heavy (non-hydrogen) atoms. The Balaban J connectivity index is 2.11. The molecule has 2 heterocycles. The fraction of sp³-hybridized carbons (Fsp3) is 0.364. The molecule has 1 aliphatic heterocycles. The SMILES string of the molecule is Cn1nnn(-c2cc(N)ccc2N2CC(O)C2)c1=O. The second-order valence-corrected chi connectivity index (χ2v) is 4.60. The van der Waals surface area contributed by atoms with E-state index in [0.717, 1.165) is 10.4 Å². The molecule has 1 saturated heterocycles. The monoisotopic (exact) mass is 262 g/mol. The average Bonchev–Trinajstić information content (AvgIpc) is 2.67. The van der Waals surface area contributed by atoms with Crippen LogP contribution in [0.25, 0.3) is 5.69 Å². The number of benzene rings is 1. The number of rotatable bonds is 2. The van der Waals surface area contributed by atoms with Crippen molar-refractivity contribution in [3.8, 4) is 5.69 Å². The lowest BCUT2D eigenvalue weighted by Gasteiger charge is -2.38. The highest BCUT2D eigenvalue weighted by Crippen LogP contribution is 2.28. The van der Waals surface area contributed by atoms with Crippen molar-refractivity contribution < 1.29 is 5.11 Å². The molecule has 1 aromatic heterocycles. The van der Waals surface area contributed by atoms with Gasteiger partial charge in [-0.05, 0) is 28.6 Å². The van der Waals surface area contributed by atoms with Crippen molar-refractivity contribution in [1.82, 2.24) is 19.8 Å². The number of hydrogen-bond acceptors (Lipinski definition) is 6. The number of anilines is 2. The van der Waals surface area contributed by atoms with Crippen LogP contribution in [0.1, 0.15) is 0 Å². The Morgan fingerprint density at radius 1 is 1.32 bits per heavy atom. The number of aliphatic hydroxyl groups is 1. The van der Waals surface area contributed by atoms with Gasteiger partial charge in [-0.3, -0.25) is 0 Å². The zero-order valence-corrected chi connectivity index (χ0v) is 10.4. The molecule has 3 N–H and O–H groups in total. The zero-order valence-electron chi connectivity index (χ0n) is 10.4. The molecule has 8 nitrogen and oxygen atoms in total. The number of β-amino-alcohol motifs (C(OH)–C–C–N with tert-alkyl or cyclic N) is 1. The van der Waals surface area contributed by atoms with E-state index in [-0.39, 0.29) is 11.8 Å². The lowest BCUT2D eigenvalue weighted by Crippen LogP contribution is -2.51. The summed E-state index contributed by atoms with van der Waals surface area (Å²) in [4.78, 5) is 13.9. The molecule has 1 fully saturated rings. The molecular weight excluding hydrogens is 248 g/mol. The second kappa shape index (κ2) is 4.09. The molecule has 1 aliphatic rings. The van der Waals surface area contributed by atoms with Crippen LogP contribution in [-0.2, 0) is 7.05 Å². The number of hydrogen-bond donors (Lipinski definition) is 2. The number of nitrogens with two attached hydrogens (primary N) is 1. The Bertz CT molecular complexity index is 670. The predicted molar refractivity (Wildman–Crippen MR) is 69.2 cm³/mol. The topological polar surface area (TPSA) is 102 Å². The van der Waals surface area contributed by atoms with Gasteiger partial charge in [0, 0.05) is 25.8 Å². The van der Waals surface area contributed by atoms with E-state index in [1.807, 2.05) is 11.0 Å². The number of nitrogen functional groups attached to an aromatic ring is 1. The van der Waals surface area contributed by atoms with Crippen LogP contribution in [0.3, 0.4) is 0 Å². The Hall–Kier alpha value is -2.35. The molecule has 0 spiro atoms. The minimum Gasteiger partial charge on any atom is -0.399 e. The van der Waals surface area contributed by atoms with Crippen LogP contribution in [-0.4, -0.2) is 44.1 Å². The molecule has 0 amide bonds. The van der Waals surface area contributed by atoms with Crippen molar-refractivity contribution in [2.75, 3.05) is 23.7 Å². The Kier molecular flexibility index (Phi) is 2.53. The van der Waals surface area contributed by atoms with Crippen molar-refractivity contribution in [3.63, 3.8) is 0 Å². The summed E-state index contributed by atoms with van der Waals surface area (Å²) in [7, 11) is 1.53. The summed E-state index contributed by atoms with van der Waals surface area (Å²) in [5, 5.41) is 16.9. The van der Waals surface area contributed by atoms with Gasteiger partial charge in [-0.25, -0.2) is 4.79 Å². The standard InChI is InChI=1S/C11H14N6O2/c1-15-11(19)17(14-13-15)10-4-7(12)2-3-9(10)16-5-8(18)6-16/h2-4,8,18H,5-6,12H2,1H3. The molecule has 1 aromatic carbocycles. The molecule has 3 rings (SSSR count). The molecule has 0 atom stereocenters. The van der Waals surface area contributed by atoms with E-state index in [4.69, 9.17) is 5.73 Å². The highest BCUT2D eigenvalue weighted by atomic mass is 16.3. The number of tetrazole rings is 1. The van der Waals surface area contributed by atoms with Crippen LogP contribution in [0.4, 0.5) is 11.4 Å². The first-order chi connectivity index (χ1) is 9.06. The van der Waals surface area contributed by atoms with Gasteiger partial charge in [0.05, 0.1) is 17.5 Å². The van der Waals surface area contributed by atoms with Crippen molar-refractivity contribution in [2.24, 2.45) is 7.05 Å². The molecule has 0 saturated carbocycles. The highest BCUT2D eigenvalue weighted by Gasteiger charge is 2.27. The predicted octanol–water partition coefficient (Wildman–Crippen LogP) is -1.27. The van der Waals surface area contributed by atoms with Gasteiger partial charge in [-0.2, -0.15) is 9.36 Å². The van der Waals surface area contributed by atoms with Crippen LogP contribution in [0, 0.1) is 0 Å². The van der Waals surface area contributed by atoms with E-state index in [1.165, 1.54) is 11.7 Å². The summed E-state index contributed by atoms with van der Waals surface area (Å²) in [6.07, 6.45) is -0.330.